The fourth-order valence-electron chi connectivity index (χ4n) is 3.13. The van der Waals surface area contributed by atoms with Crippen LogP contribution < -0.4 is 4.72 Å². The second-order valence-electron chi connectivity index (χ2n) is 7.32. The third kappa shape index (κ3) is 4.95. The van der Waals surface area contributed by atoms with Gasteiger partial charge in [0, 0.05) is 22.9 Å². The number of aryl methyl sites for hydroxylation is 2. The van der Waals surface area contributed by atoms with E-state index in [1.807, 2.05) is 51.1 Å². The molecule has 0 aliphatic heterocycles. The third-order valence-electron chi connectivity index (χ3n) is 4.91. The molecule has 0 saturated heterocycles. The molecule has 0 amide bonds. The Labute approximate surface area is 176 Å². The summed E-state index contributed by atoms with van der Waals surface area (Å²) in [5, 5.41) is 8.81. The van der Waals surface area contributed by atoms with Gasteiger partial charge < -0.3 is 10.1 Å². The first-order chi connectivity index (χ1) is 14.2. The maximum atomic E-state index is 12.9. The minimum Gasteiger partial charge on any atom is -0.395 e. The summed E-state index contributed by atoms with van der Waals surface area (Å²) in [7, 11) is -3.59. The molecular formula is C22H25N3O4S. The predicted octanol–water partition coefficient (Wildman–Crippen LogP) is 3.14. The van der Waals surface area contributed by atoms with E-state index in [0.29, 0.717) is 16.9 Å². The molecule has 1 unspecified atom stereocenters. The minimum atomic E-state index is -3.59. The number of hydrogen-bond acceptors (Lipinski definition) is 5. The summed E-state index contributed by atoms with van der Waals surface area (Å²) in [6.45, 7) is 5.38. The second-order valence-corrected chi connectivity index (χ2v) is 9.16. The molecule has 1 aromatic carbocycles. The molecule has 7 nitrogen and oxygen atoms in total. The number of carbonyl (C=O) groups is 1. The van der Waals surface area contributed by atoms with Crippen molar-refractivity contribution in [2.75, 3.05) is 17.1 Å². The van der Waals surface area contributed by atoms with Gasteiger partial charge in [-0.1, -0.05) is 36.8 Å². The summed E-state index contributed by atoms with van der Waals surface area (Å²) >= 11 is 0. The zero-order chi connectivity index (χ0) is 21.9. The molecule has 0 aliphatic rings. The Morgan fingerprint density at radius 1 is 1.17 bits per heavy atom. The lowest BCUT2D eigenvalue weighted by atomic mass is 10.0. The Hall–Kier alpha value is -2.97. The van der Waals surface area contributed by atoms with E-state index >= 15 is 0 Å². The van der Waals surface area contributed by atoms with E-state index in [0.717, 1.165) is 22.5 Å². The van der Waals surface area contributed by atoms with Gasteiger partial charge in [-0.05, 0) is 37.6 Å². The first kappa shape index (κ1) is 21.7. The van der Waals surface area contributed by atoms with Crippen LogP contribution in [-0.2, 0) is 10.0 Å². The number of benzene rings is 1. The number of nitrogens with one attached hydrogen (secondary N) is 2. The Morgan fingerprint density at radius 3 is 2.47 bits per heavy atom. The van der Waals surface area contributed by atoms with Gasteiger partial charge in [0.2, 0.25) is 15.8 Å². The Kier molecular flexibility index (Phi) is 6.38. The van der Waals surface area contributed by atoms with Crippen LogP contribution >= 0.6 is 0 Å². The monoisotopic (exact) mass is 427 g/mol. The number of sulfonamides is 1. The average Bonchev–Trinajstić information content (AvgIpc) is 3.09. The Balaban J connectivity index is 1.79. The van der Waals surface area contributed by atoms with E-state index in [-0.39, 0.29) is 17.5 Å². The first-order valence-electron chi connectivity index (χ1n) is 9.58. The van der Waals surface area contributed by atoms with E-state index < -0.39 is 16.6 Å². The van der Waals surface area contributed by atoms with Crippen LogP contribution in [0.5, 0.6) is 0 Å². The van der Waals surface area contributed by atoms with Crippen LogP contribution in [0.3, 0.4) is 0 Å². The summed E-state index contributed by atoms with van der Waals surface area (Å²) in [5.41, 5.74) is 5.04. The highest BCUT2D eigenvalue weighted by Crippen LogP contribution is 2.26. The largest absolute Gasteiger partial charge is 0.395 e. The number of nitrogens with zero attached hydrogens (tertiary/aromatic N) is 1. The molecule has 3 aromatic rings. The number of anilines is 1. The molecule has 0 spiro atoms. The van der Waals surface area contributed by atoms with Gasteiger partial charge in [-0.3, -0.25) is 14.5 Å². The van der Waals surface area contributed by atoms with E-state index in [1.54, 1.807) is 12.1 Å². The molecular weight excluding hydrogens is 402 g/mol. The molecule has 158 valence electrons. The Morgan fingerprint density at radius 2 is 1.87 bits per heavy atom. The zero-order valence-electron chi connectivity index (χ0n) is 17.1. The molecule has 1 atom stereocenters. The first-order valence-corrected chi connectivity index (χ1v) is 11.2. The van der Waals surface area contributed by atoms with Gasteiger partial charge in [0.25, 0.3) is 0 Å². The van der Waals surface area contributed by atoms with Crippen LogP contribution in [0.2, 0.25) is 0 Å². The number of H-pyrrole nitrogens is 1. The van der Waals surface area contributed by atoms with Crippen molar-refractivity contribution in [3.05, 3.63) is 82.4 Å². The van der Waals surface area contributed by atoms with Crippen molar-refractivity contribution in [2.45, 2.75) is 26.7 Å². The van der Waals surface area contributed by atoms with Gasteiger partial charge >= 0.3 is 0 Å². The number of rotatable bonds is 8. The standard InChI is InChI=1S/C22H25N3O4S/c1-14-4-6-17(7-5-14)22(27)21-15(2)12-20(24-21)16(3)19-9-8-18(13-23-19)25-30(28,29)11-10-26/h4-9,12-13,16,24-26H,10-11H2,1-3H3. The molecule has 0 radical (unpaired) electrons. The van der Waals surface area contributed by atoms with Crippen LogP contribution in [0, 0.1) is 13.8 Å². The summed E-state index contributed by atoms with van der Waals surface area (Å²) in [4.78, 5) is 20.4. The van der Waals surface area contributed by atoms with Crippen LogP contribution in [0.1, 0.15) is 51.4 Å². The summed E-state index contributed by atoms with van der Waals surface area (Å²) < 4.78 is 25.9. The SMILES string of the molecule is Cc1ccc(C(=O)c2[nH]c(C(C)c3ccc(NS(=O)(=O)CCO)cn3)cc2C)cc1. The highest BCUT2D eigenvalue weighted by atomic mass is 32.2. The molecule has 30 heavy (non-hydrogen) atoms. The number of aliphatic hydroxyl groups excluding tert-OH is 1. The maximum absolute atomic E-state index is 12.9. The predicted molar refractivity (Wildman–Crippen MR) is 116 cm³/mol. The highest BCUT2D eigenvalue weighted by molar-refractivity contribution is 7.92. The molecule has 0 aliphatic carbocycles. The van der Waals surface area contributed by atoms with Crippen molar-refractivity contribution in [3.8, 4) is 0 Å². The van der Waals surface area contributed by atoms with Gasteiger partial charge in [0.1, 0.15) is 0 Å². The molecule has 0 saturated carbocycles. The number of aromatic amines is 1. The topological polar surface area (TPSA) is 112 Å². The van der Waals surface area contributed by atoms with Crippen LogP contribution in [0.15, 0.2) is 48.7 Å². The van der Waals surface area contributed by atoms with Gasteiger partial charge in [-0.2, -0.15) is 0 Å². The van der Waals surface area contributed by atoms with Crippen LogP contribution in [-0.4, -0.2) is 41.6 Å². The highest BCUT2D eigenvalue weighted by Gasteiger charge is 2.19. The van der Waals surface area contributed by atoms with E-state index in [4.69, 9.17) is 5.11 Å². The number of ketones is 1. The molecule has 8 heteroatoms. The van der Waals surface area contributed by atoms with Crippen molar-refractivity contribution < 1.29 is 18.3 Å². The minimum absolute atomic E-state index is 0.0625. The molecule has 0 fully saturated rings. The fourth-order valence-corrected chi connectivity index (χ4v) is 3.96. The number of carbonyl (C=O) groups excluding carboxylic acids is 1. The lowest BCUT2D eigenvalue weighted by Crippen LogP contribution is -2.19. The van der Waals surface area contributed by atoms with E-state index in [9.17, 15) is 13.2 Å². The summed E-state index contributed by atoms with van der Waals surface area (Å²) in [6, 6.07) is 12.8. The van der Waals surface area contributed by atoms with Crippen molar-refractivity contribution in [3.63, 3.8) is 0 Å². The van der Waals surface area contributed by atoms with Crippen LogP contribution in [0.25, 0.3) is 0 Å². The van der Waals surface area contributed by atoms with Gasteiger partial charge in [0.15, 0.2) is 0 Å². The number of aromatic nitrogens is 2. The van der Waals surface area contributed by atoms with Crippen molar-refractivity contribution >= 4 is 21.5 Å². The van der Waals surface area contributed by atoms with Gasteiger partial charge in [0.05, 0.1) is 29.9 Å². The van der Waals surface area contributed by atoms with Crippen molar-refractivity contribution in [1.29, 1.82) is 0 Å². The van der Waals surface area contributed by atoms with E-state index in [2.05, 4.69) is 14.7 Å². The molecule has 2 heterocycles. The third-order valence-corrected chi connectivity index (χ3v) is 6.17. The summed E-state index contributed by atoms with van der Waals surface area (Å²) in [6.07, 6.45) is 1.44. The molecule has 3 rings (SSSR count). The van der Waals surface area contributed by atoms with Crippen LogP contribution in [0.4, 0.5) is 5.69 Å². The van der Waals surface area contributed by atoms with Gasteiger partial charge in [-0.25, -0.2) is 8.42 Å². The average molecular weight is 428 g/mol. The fraction of sp³-hybridized carbons (Fsp3) is 0.273. The molecule has 2 aromatic heterocycles. The smallest absolute Gasteiger partial charge is 0.235 e. The van der Waals surface area contributed by atoms with E-state index in [1.165, 1.54) is 6.20 Å². The number of hydrogen-bond donors (Lipinski definition) is 3. The zero-order valence-corrected chi connectivity index (χ0v) is 18.0. The lowest BCUT2D eigenvalue weighted by Gasteiger charge is -2.11. The number of aliphatic hydroxyl groups is 1. The molecule has 0 bridgehead atoms. The lowest BCUT2D eigenvalue weighted by molar-refractivity contribution is 0.103. The Bertz CT molecular complexity index is 1130. The van der Waals surface area contributed by atoms with Crippen molar-refractivity contribution in [2.24, 2.45) is 0 Å². The molecule has 3 N–H and O–H groups in total. The van der Waals surface area contributed by atoms with Gasteiger partial charge in [-0.15, -0.1) is 0 Å². The van der Waals surface area contributed by atoms with Crippen molar-refractivity contribution in [1.82, 2.24) is 9.97 Å². The quantitative estimate of drug-likeness (QED) is 0.478. The number of pyridine rings is 1. The normalized spacial score (nSPS) is 12.5. The summed E-state index contributed by atoms with van der Waals surface area (Å²) in [5.74, 6) is -0.552. The maximum Gasteiger partial charge on any atom is 0.235 e. The second kappa shape index (κ2) is 8.81.